The van der Waals surface area contributed by atoms with Gasteiger partial charge >= 0.3 is 89.0 Å². The number of nitrogens with one attached hydrogen (secondary N) is 1. The number of amides is 2. The standard InChI is InChI=1S/C22H30F4N2O2.C17H20F4N2O.C9H10FN.C3H8.C2H5.2ClH.3HI.V/c1-21(2,3)30-14-27-10-8-15(9-11-27)13-28(20(29)22(24,25)26)19-12-18(19)16-4-6-17(23)7-5-16;18-13-3-1-12(2-4-13)14-9-15(14)23(16(24)17(19,20)21)10-11-5-7-22-8-6-11;10-7-3-1-6(2-4-7)8-5-9(8)11;1-3-2;1-2;;;;;;/h4-7,15,18-19H,8-14H2,1-3H3;1-4,11,14-15,22H,5-10H2;1-4,8-9H,5,11H2;3H2,1-2H3;1H2,2H3;5*1H;/q;;;;-1;;;;;;+3/p-3. The molecule has 3 N–H and O–H groups in total. The number of hydrogen-bond donors (Lipinski definition) is 2. The molecular weight excluding hydrogens is 1430 g/mol. The van der Waals surface area contributed by atoms with Crippen LogP contribution in [0.3, 0.4) is 0 Å². The number of rotatable bonds is 11. The average Bonchev–Trinajstić information content (AvgIpc) is 4.26. The molecule has 5 aliphatic rings. The van der Waals surface area contributed by atoms with Crippen molar-refractivity contribution in [3.05, 3.63) is 114 Å². The van der Waals surface area contributed by atoms with Gasteiger partial charge in [-0.2, -0.15) is 33.3 Å². The second kappa shape index (κ2) is 35.2. The summed E-state index contributed by atoms with van der Waals surface area (Å²) in [5.74, 6) is -4.18. The van der Waals surface area contributed by atoms with E-state index in [0.29, 0.717) is 31.5 Å². The van der Waals surface area contributed by atoms with Crippen LogP contribution >= 0.6 is 84.8 Å². The van der Waals surface area contributed by atoms with Crippen LogP contribution in [0.4, 0.5) is 39.5 Å². The van der Waals surface area contributed by atoms with Crippen molar-refractivity contribution >= 4 is 96.6 Å². The molecule has 2 heterocycles. The molecule has 0 bridgehead atoms. The Bertz CT molecular complexity index is 2100. The van der Waals surface area contributed by atoms with Crippen molar-refractivity contribution in [3.8, 4) is 0 Å². The van der Waals surface area contributed by atoms with E-state index in [0.717, 1.165) is 79.2 Å². The molecular formula is C53H75Cl2F9I3N5O3V-. The molecule has 3 saturated carbocycles. The Hall–Kier alpha value is -0.836. The van der Waals surface area contributed by atoms with Crippen LogP contribution in [0.1, 0.15) is 127 Å². The van der Waals surface area contributed by atoms with Crippen molar-refractivity contribution in [2.45, 2.75) is 147 Å². The zero-order valence-corrected chi connectivity index (χ0v) is 53.3. The number of hydrogen-bond acceptors (Lipinski definition) is 6. The van der Waals surface area contributed by atoms with Crippen molar-refractivity contribution in [1.29, 1.82) is 0 Å². The minimum atomic E-state index is -4.89. The Kier molecular flexibility index (Phi) is 33.9. The number of ether oxygens (including phenoxy) is 1. The van der Waals surface area contributed by atoms with Gasteiger partial charge in [0.25, 0.3) is 0 Å². The molecule has 6 unspecified atom stereocenters. The summed E-state index contributed by atoms with van der Waals surface area (Å²) in [7, 11) is 0. The molecule has 2 amide bonds. The normalized spacial score (nSPS) is 22.0. The van der Waals surface area contributed by atoms with Crippen molar-refractivity contribution in [3.63, 3.8) is 0 Å². The van der Waals surface area contributed by atoms with Crippen LogP contribution in [0, 0.1) is 36.2 Å². The number of nitrogens with two attached hydrogens (primary N) is 1. The van der Waals surface area contributed by atoms with Gasteiger partial charge in [-0.15, -0.1) is 24.8 Å². The van der Waals surface area contributed by atoms with Crippen LogP contribution < -0.4 is 11.1 Å². The van der Waals surface area contributed by atoms with Gasteiger partial charge in [-0.05, 0) is 144 Å². The summed E-state index contributed by atoms with van der Waals surface area (Å²) in [5, 5.41) is 3.17. The summed E-state index contributed by atoms with van der Waals surface area (Å²) in [4.78, 5) is 27.9. The molecule has 6 atom stereocenters. The average molecular weight is 1500 g/mol. The quantitative estimate of drug-likeness (QED) is 0.113. The maximum atomic E-state index is 13.2. The van der Waals surface area contributed by atoms with E-state index in [4.69, 9.17) is 10.5 Å². The number of piperidine rings is 2. The van der Waals surface area contributed by atoms with Crippen LogP contribution in [0.15, 0.2) is 72.8 Å². The number of carbonyl (C=O) groups is 2. The van der Waals surface area contributed by atoms with E-state index in [1.807, 2.05) is 32.9 Å². The van der Waals surface area contributed by atoms with Crippen LogP contribution in [0.5, 0.6) is 0 Å². The van der Waals surface area contributed by atoms with Gasteiger partial charge in [-0.3, -0.25) is 14.5 Å². The topological polar surface area (TPSA) is 91.1 Å². The molecule has 76 heavy (non-hydrogen) atoms. The summed E-state index contributed by atoms with van der Waals surface area (Å²) in [6.07, 6.45) is -3.48. The van der Waals surface area contributed by atoms with E-state index in [-0.39, 0.29) is 89.5 Å². The molecule has 3 aliphatic carbocycles. The fourth-order valence-corrected chi connectivity index (χ4v) is 8.76. The Labute approximate surface area is 495 Å². The first-order valence-corrected chi connectivity index (χ1v) is 38.6. The van der Waals surface area contributed by atoms with E-state index in [1.54, 1.807) is 31.2 Å². The molecule has 2 aliphatic heterocycles. The van der Waals surface area contributed by atoms with Crippen LogP contribution in [0.2, 0.25) is 0 Å². The van der Waals surface area contributed by atoms with Gasteiger partial charge in [0.2, 0.25) is 0 Å². The van der Waals surface area contributed by atoms with Gasteiger partial charge in [0.1, 0.15) is 17.5 Å². The predicted molar refractivity (Wildman–Crippen MR) is 312 cm³/mol. The molecule has 2 saturated heterocycles. The van der Waals surface area contributed by atoms with E-state index < -0.39 is 36.3 Å². The van der Waals surface area contributed by atoms with Crippen molar-refractivity contribution in [2.75, 3.05) is 46.0 Å². The monoisotopic (exact) mass is 1500 g/mol. The van der Waals surface area contributed by atoms with Gasteiger partial charge in [0.05, 0.1) is 12.3 Å². The van der Waals surface area contributed by atoms with Crippen molar-refractivity contribution in [2.24, 2.45) is 17.6 Å². The second-order valence-electron chi connectivity index (χ2n) is 19.9. The summed E-state index contributed by atoms with van der Waals surface area (Å²) in [6, 6.07) is 17.5. The zero-order chi connectivity index (χ0) is 55.6. The molecule has 8 rings (SSSR count). The maximum absolute atomic E-state index is 13.2. The van der Waals surface area contributed by atoms with E-state index >= 15 is 0 Å². The third-order valence-corrected chi connectivity index (χ3v) is 12.8. The summed E-state index contributed by atoms with van der Waals surface area (Å²) in [5.41, 5.74) is 8.12. The fraction of sp³-hybridized carbons (Fsp3) is 0.604. The third kappa shape index (κ3) is 26.8. The number of likely N-dealkylation sites (tertiary alicyclic amines) is 1. The Morgan fingerprint density at radius 1 is 0.645 bits per heavy atom. The van der Waals surface area contributed by atoms with Gasteiger partial charge in [-0.1, -0.05) is 56.7 Å². The number of alkyl halides is 6. The first-order valence-electron chi connectivity index (χ1n) is 25.0. The van der Waals surface area contributed by atoms with Crippen molar-refractivity contribution < 1.29 is 58.8 Å². The SMILES string of the molecule is CC(C)(C)OCN1CCC(CN(C(=O)C(F)(F)F)C2CC2c2ccc(F)cc2)CC1.CCC.Cl.Cl.NC1CC1c1ccc(F)cc1.O=C(N(CC1CCNCC1)C1CC1c1ccc(F)cc1)C(F)(F)F.[CH2-]C.[I][V]([I])[I]. The number of halogens is 14. The molecule has 23 heteroatoms. The second-order valence-corrected chi connectivity index (χ2v) is 55.3. The molecule has 0 aromatic heterocycles. The van der Waals surface area contributed by atoms with Gasteiger partial charge in [0.15, 0.2) is 0 Å². The number of benzene rings is 3. The van der Waals surface area contributed by atoms with Gasteiger partial charge in [-0.25, -0.2) is 13.2 Å². The number of carbonyl (C=O) groups excluding carboxylic acids is 2. The van der Waals surface area contributed by atoms with Crippen LogP contribution in [-0.4, -0.2) is 109 Å². The van der Waals surface area contributed by atoms with Crippen LogP contribution in [-0.2, 0) is 19.2 Å². The van der Waals surface area contributed by atoms with E-state index in [1.165, 1.54) is 48.4 Å². The Balaban J connectivity index is 0.000000556. The van der Waals surface area contributed by atoms with Gasteiger partial charge < -0.3 is 32.5 Å². The van der Waals surface area contributed by atoms with Crippen LogP contribution in [0.25, 0.3) is 0 Å². The molecule has 3 aromatic carbocycles. The van der Waals surface area contributed by atoms with Gasteiger partial charge in [0, 0.05) is 62.1 Å². The minimum absolute atomic E-state index is 0. The summed E-state index contributed by atoms with van der Waals surface area (Å²) < 4.78 is 123. The molecule has 434 valence electrons. The van der Waals surface area contributed by atoms with E-state index in [9.17, 15) is 49.1 Å². The van der Waals surface area contributed by atoms with E-state index in [2.05, 4.69) is 90.9 Å². The molecule has 8 nitrogen and oxygen atoms in total. The first kappa shape index (κ1) is 73.2. The molecule has 0 spiro atoms. The Morgan fingerprint density at radius 3 is 1.24 bits per heavy atom. The fourth-order valence-electron chi connectivity index (χ4n) is 8.76. The summed E-state index contributed by atoms with van der Waals surface area (Å²) >= 11 is 7.39. The zero-order valence-electron chi connectivity index (χ0n) is 43.8. The Morgan fingerprint density at radius 2 is 0.947 bits per heavy atom. The predicted octanol–water partition coefficient (Wildman–Crippen LogP) is 15.0. The molecule has 5 fully saturated rings. The summed E-state index contributed by atoms with van der Waals surface area (Å²) in [6.45, 7) is 18.9. The third-order valence-electron chi connectivity index (χ3n) is 12.8. The van der Waals surface area contributed by atoms with Crippen molar-refractivity contribution in [1.82, 2.24) is 20.0 Å². The molecule has 3 aromatic rings. The number of nitrogens with zero attached hydrogens (tertiary/aromatic N) is 3. The first-order chi connectivity index (χ1) is 34.7. The molecule has 0 radical (unpaired) electrons.